The van der Waals surface area contributed by atoms with Gasteiger partial charge in [0.05, 0.1) is 12.7 Å². The lowest BCUT2D eigenvalue weighted by atomic mass is 10.2. The second-order valence-electron chi connectivity index (χ2n) is 3.81. The van der Waals surface area contributed by atoms with Gasteiger partial charge in [0, 0.05) is 13.8 Å². The minimum atomic E-state index is -0.0648. The van der Waals surface area contributed by atoms with Gasteiger partial charge in [0.2, 0.25) is 11.8 Å². The van der Waals surface area contributed by atoms with Gasteiger partial charge in [-0.25, -0.2) is 4.98 Å². The molecule has 0 N–H and O–H groups in total. The zero-order valence-corrected chi connectivity index (χ0v) is 9.88. The fourth-order valence-corrected chi connectivity index (χ4v) is 1.59. The average Bonchev–Trinajstić information content (AvgIpc) is 2.73. The van der Waals surface area contributed by atoms with Crippen molar-refractivity contribution in [3.05, 3.63) is 48.0 Å². The van der Waals surface area contributed by atoms with Crippen LogP contribution in [0.1, 0.15) is 18.4 Å². The highest BCUT2D eigenvalue weighted by molar-refractivity contribution is 5.89. The Hall–Kier alpha value is -2.10. The highest BCUT2D eigenvalue weighted by Crippen LogP contribution is 2.18. The highest BCUT2D eigenvalue weighted by Gasteiger charge is 2.15. The summed E-state index contributed by atoms with van der Waals surface area (Å²) in [7, 11) is 0. The zero-order valence-electron chi connectivity index (χ0n) is 9.88. The smallest absolute Gasteiger partial charge is 0.226 e. The van der Waals surface area contributed by atoms with Crippen LogP contribution in [0.2, 0.25) is 0 Å². The van der Waals surface area contributed by atoms with Crippen LogP contribution in [0.25, 0.3) is 0 Å². The van der Waals surface area contributed by atoms with Gasteiger partial charge in [0.15, 0.2) is 5.89 Å². The maximum atomic E-state index is 11.6. The van der Waals surface area contributed by atoms with E-state index in [-0.39, 0.29) is 5.91 Å². The SMILES string of the molecule is CC(=O)N(Cc1ccccc1)c1cnc(C)o1. The normalized spacial score (nSPS) is 10.2. The summed E-state index contributed by atoms with van der Waals surface area (Å²) in [6, 6.07) is 9.77. The summed E-state index contributed by atoms with van der Waals surface area (Å²) >= 11 is 0. The lowest BCUT2D eigenvalue weighted by molar-refractivity contribution is -0.116. The van der Waals surface area contributed by atoms with Crippen LogP contribution in [0.4, 0.5) is 5.88 Å². The average molecular weight is 230 g/mol. The number of oxazole rings is 1. The molecule has 0 saturated heterocycles. The number of aryl methyl sites for hydroxylation is 1. The van der Waals surface area contributed by atoms with Crippen molar-refractivity contribution in [1.82, 2.24) is 4.98 Å². The predicted molar refractivity (Wildman–Crippen MR) is 64.5 cm³/mol. The van der Waals surface area contributed by atoms with Crippen LogP contribution in [0.3, 0.4) is 0 Å². The van der Waals surface area contributed by atoms with E-state index in [9.17, 15) is 4.79 Å². The van der Waals surface area contributed by atoms with Gasteiger partial charge < -0.3 is 4.42 Å². The predicted octanol–water partition coefficient (Wildman–Crippen LogP) is 2.54. The number of anilines is 1. The number of aromatic nitrogens is 1. The lowest BCUT2D eigenvalue weighted by Gasteiger charge is -2.17. The standard InChI is InChI=1S/C13H14N2O2/c1-10-14-8-13(17-10)15(11(2)16)9-12-6-4-3-5-7-12/h3-8H,9H2,1-2H3. The van der Waals surface area contributed by atoms with Crippen LogP contribution >= 0.6 is 0 Å². The van der Waals surface area contributed by atoms with Crippen molar-refractivity contribution in [3.63, 3.8) is 0 Å². The van der Waals surface area contributed by atoms with Gasteiger partial charge in [-0.15, -0.1) is 0 Å². The molecule has 0 atom stereocenters. The molecule has 0 aliphatic heterocycles. The summed E-state index contributed by atoms with van der Waals surface area (Å²) < 4.78 is 5.37. The number of rotatable bonds is 3. The molecular formula is C13H14N2O2. The summed E-state index contributed by atoms with van der Waals surface area (Å²) in [6.07, 6.45) is 1.57. The van der Waals surface area contributed by atoms with Crippen molar-refractivity contribution >= 4 is 11.8 Å². The van der Waals surface area contributed by atoms with Crippen molar-refractivity contribution in [2.75, 3.05) is 4.90 Å². The van der Waals surface area contributed by atoms with E-state index in [2.05, 4.69) is 4.98 Å². The molecule has 17 heavy (non-hydrogen) atoms. The number of benzene rings is 1. The summed E-state index contributed by atoms with van der Waals surface area (Å²) in [4.78, 5) is 17.2. The molecule has 1 aromatic heterocycles. The maximum absolute atomic E-state index is 11.6. The van der Waals surface area contributed by atoms with E-state index in [0.29, 0.717) is 18.3 Å². The molecule has 0 aliphatic carbocycles. The molecule has 1 amide bonds. The first-order valence-corrected chi connectivity index (χ1v) is 5.41. The molecule has 0 radical (unpaired) electrons. The van der Waals surface area contributed by atoms with Gasteiger partial charge >= 0.3 is 0 Å². The summed E-state index contributed by atoms with van der Waals surface area (Å²) in [5.74, 6) is 0.975. The molecule has 4 heteroatoms. The number of amides is 1. The first-order valence-electron chi connectivity index (χ1n) is 5.41. The molecule has 0 saturated carbocycles. The molecule has 0 bridgehead atoms. The van der Waals surface area contributed by atoms with Crippen molar-refractivity contribution in [3.8, 4) is 0 Å². The highest BCUT2D eigenvalue weighted by atomic mass is 16.4. The number of hydrogen-bond acceptors (Lipinski definition) is 3. The molecule has 4 nitrogen and oxygen atoms in total. The Morgan fingerprint density at radius 2 is 2.06 bits per heavy atom. The van der Waals surface area contributed by atoms with E-state index in [1.54, 1.807) is 18.0 Å². The van der Waals surface area contributed by atoms with E-state index >= 15 is 0 Å². The van der Waals surface area contributed by atoms with E-state index in [0.717, 1.165) is 5.56 Å². The minimum Gasteiger partial charge on any atom is -0.425 e. The van der Waals surface area contributed by atoms with E-state index in [4.69, 9.17) is 4.42 Å². The molecule has 1 heterocycles. The van der Waals surface area contributed by atoms with Crippen LogP contribution in [-0.2, 0) is 11.3 Å². The summed E-state index contributed by atoms with van der Waals surface area (Å²) in [5, 5.41) is 0. The largest absolute Gasteiger partial charge is 0.425 e. The third-order valence-electron chi connectivity index (χ3n) is 2.44. The quantitative estimate of drug-likeness (QED) is 0.814. The van der Waals surface area contributed by atoms with Crippen LogP contribution in [0.15, 0.2) is 40.9 Å². The first-order chi connectivity index (χ1) is 8.16. The molecule has 1 aromatic carbocycles. The van der Waals surface area contributed by atoms with Crippen LogP contribution in [-0.4, -0.2) is 10.9 Å². The van der Waals surface area contributed by atoms with Crippen LogP contribution < -0.4 is 4.90 Å². The van der Waals surface area contributed by atoms with E-state index in [1.165, 1.54) is 6.92 Å². The van der Waals surface area contributed by atoms with Gasteiger partial charge in [-0.2, -0.15) is 0 Å². The Kier molecular flexibility index (Phi) is 3.23. The number of hydrogen-bond donors (Lipinski definition) is 0. The molecule has 0 fully saturated rings. The number of carbonyl (C=O) groups excluding carboxylic acids is 1. The maximum Gasteiger partial charge on any atom is 0.226 e. The Balaban J connectivity index is 2.22. The Bertz CT molecular complexity index is 505. The van der Waals surface area contributed by atoms with Gasteiger partial charge in [0.1, 0.15) is 0 Å². The fourth-order valence-electron chi connectivity index (χ4n) is 1.59. The summed E-state index contributed by atoms with van der Waals surface area (Å²) in [5.41, 5.74) is 1.05. The van der Waals surface area contributed by atoms with Gasteiger partial charge in [-0.3, -0.25) is 9.69 Å². The second-order valence-corrected chi connectivity index (χ2v) is 3.81. The third-order valence-corrected chi connectivity index (χ3v) is 2.44. The van der Waals surface area contributed by atoms with E-state index in [1.807, 2.05) is 30.3 Å². The molecule has 0 unspecified atom stereocenters. The van der Waals surface area contributed by atoms with Crippen molar-refractivity contribution in [2.24, 2.45) is 0 Å². The molecule has 0 spiro atoms. The van der Waals surface area contributed by atoms with Gasteiger partial charge in [0.25, 0.3) is 0 Å². The Morgan fingerprint density at radius 1 is 1.35 bits per heavy atom. The van der Waals surface area contributed by atoms with Crippen LogP contribution in [0.5, 0.6) is 0 Å². The lowest BCUT2D eigenvalue weighted by Crippen LogP contribution is -2.27. The number of nitrogens with zero attached hydrogens (tertiary/aromatic N) is 2. The third kappa shape index (κ3) is 2.72. The van der Waals surface area contributed by atoms with Crippen molar-refractivity contribution in [2.45, 2.75) is 20.4 Å². The molecule has 2 aromatic rings. The zero-order chi connectivity index (χ0) is 12.3. The molecule has 2 rings (SSSR count). The Morgan fingerprint density at radius 3 is 2.59 bits per heavy atom. The van der Waals surface area contributed by atoms with Gasteiger partial charge in [-0.05, 0) is 5.56 Å². The van der Waals surface area contributed by atoms with Crippen molar-refractivity contribution in [1.29, 1.82) is 0 Å². The monoisotopic (exact) mass is 230 g/mol. The minimum absolute atomic E-state index is 0.0648. The fraction of sp³-hybridized carbons (Fsp3) is 0.231. The first kappa shape index (κ1) is 11.4. The topological polar surface area (TPSA) is 46.3 Å². The Labute approximate surface area is 99.9 Å². The number of carbonyl (C=O) groups is 1. The second kappa shape index (κ2) is 4.82. The summed E-state index contributed by atoms with van der Waals surface area (Å²) in [6.45, 7) is 3.76. The van der Waals surface area contributed by atoms with Gasteiger partial charge in [-0.1, -0.05) is 30.3 Å². The van der Waals surface area contributed by atoms with E-state index < -0.39 is 0 Å². The molecular weight excluding hydrogens is 216 g/mol. The van der Waals surface area contributed by atoms with Crippen LogP contribution in [0, 0.1) is 6.92 Å². The molecule has 88 valence electrons. The van der Waals surface area contributed by atoms with Crippen molar-refractivity contribution < 1.29 is 9.21 Å². The molecule has 0 aliphatic rings.